The summed E-state index contributed by atoms with van der Waals surface area (Å²) < 4.78 is 12.9. The van der Waals surface area contributed by atoms with E-state index in [1.165, 1.54) is 10.9 Å². The lowest BCUT2D eigenvalue weighted by Gasteiger charge is -2.24. The molecule has 1 saturated heterocycles. The van der Waals surface area contributed by atoms with Crippen molar-refractivity contribution in [1.29, 1.82) is 0 Å². The number of nitrogens with two attached hydrogens (primary N) is 1. The number of aromatic nitrogens is 2. The van der Waals surface area contributed by atoms with E-state index in [1.54, 1.807) is 0 Å². The number of nitrogens with zero attached hydrogens (tertiary/aromatic N) is 3. The molecule has 0 radical (unpaired) electrons. The number of aliphatic hydroxyl groups is 3. The van der Waals surface area contributed by atoms with E-state index in [1.807, 2.05) is 30.3 Å². The Labute approximate surface area is 154 Å². The number of aliphatic imine (C=N–C) groups is 1. The Morgan fingerprint density at radius 2 is 2.00 bits per heavy atom. The maximum atomic E-state index is 10.3. The Balaban J connectivity index is 1.57. The Morgan fingerprint density at radius 3 is 2.70 bits per heavy atom. The lowest BCUT2D eigenvalue weighted by molar-refractivity contribution is -0.0519. The Hall–Kier alpha value is -2.50. The smallest absolute Gasteiger partial charge is 0.198 e. The minimum absolute atomic E-state index is 0.133. The zero-order valence-electron chi connectivity index (χ0n) is 14.3. The number of imidazole rings is 1. The molecule has 0 aliphatic carbocycles. The first kappa shape index (κ1) is 17.9. The number of guanidine groups is 1. The molecule has 2 aliphatic heterocycles. The fourth-order valence-electron chi connectivity index (χ4n) is 3.19. The van der Waals surface area contributed by atoms with Crippen LogP contribution in [0.1, 0.15) is 23.7 Å². The summed E-state index contributed by atoms with van der Waals surface area (Å²) in [5, 5.41) is 32.4. The predicted molar refractivity (Wildman–Crippen MR) is 94.5 cm³/mol. The molecule has 5 atom stereocenters. The average Bonchev–Trinajstić information content (AvgIpc) is 3.22. The van der Waals surface area contributed by atoms with Gasteiger partial charge < -0.3 is 35.8 Å². The maximum Gasteiger partial charge on any atom is 0.198 e. The summed E-state index contributed by atoms with van der Waals surface area (Å²) in [5.41, 5.74) is 7.34. The van der Waals surface area contributed by atoms with Crippen molar-refractivity contribution in [3.8, 4) is 0 Å². The molecule has 1 unspecified atom stereocenters. The molecule has 4 rings (SSSR count). The van der Waals surface area contributed by atoms with Crippen LogP contribution < -0.4 is 11.1 Å². The van der Waals surface area contributed by atoms with Crippen molar-refractivity contribution in [3.05, 3.63) is 47.9 Å². The van der Waals surface area contributed by atoms with Gasteiger partial charge in [0.15, 0.2) is 18.4 Å². The van der Waals surface area contributed by atoms with Crippen molar-refractivity contribution in [2.75, 3.05) is 11.9 Å². The van der Waals surface area contributed by atoms with E-state index >= 15 is 0 Å². The third-order valence-electron chi connectivity index (χ3n) is 4.60. The normalized spacial score (nSPS) is 29.9. The van der Waals surface area contributed by atoms with Gasteiger partial charge in [0.1, 0.15) is 29.8 Å². The number of rotatable bonds is 5. The molecule has 10 heteroatoms. The van der Waals surface area contributed by atoms with Gasteiger partial charge in [-0.3, -0.25) is 4.57 Å². The molecule has 6 N–H and O–H groups in total. The van der Waals surface area contributed by atoms with E-state index in [-0.39, 0.29) is 5.96 Å². The highest BCUT2D eigenvalue weighted by Crippen LogP contribution is 2.36. The SMILES string of the molecule is NC1=NC(OCc2ccccc2)c2ncn([C@@H]3O[C@H](CO)[C@@H](O)[C@H]3O)c2N1. The van der Waals surface area contributed by atoms with Gasteiger partial charge in [-0.15, -0.1) is 0 Å². The number of anilines is 1. The largest absolute Gasteiger partial charge is 0.394 e. The molecule has 3 heterocycles. The Morgan fingerprint density at radius 1 is 1.22 bits per heavy atom. The van der Waals surface area contributed by atoms with E-state index in [0.29, 0.717) is 18.1 Å². The molecule has 27 heavy (non-hydrogen) atoms. The van der Waals surface area contributed by atoms with E-state index in [0.717, 1.165) is 5.56 Å². The maximum absolute atomic E-state index is 10.3. The number of ether oxygens (including phenoxy) is 2. The Kier molecular flexibility index (Phi) is 4.81. The van der Waals surface area contributed by atoms with E-state index in [2.05, 4.69) is 15.3 Å². The minimum Gasteiger partial charge on any atom is -0.394 e. The number of benzene rings is 1. The van der Waals surface area contributed by atoms with Crippen LogP contribution in [-0.4, -0.2) is 55.7 Å². The topological polar surface area (TPSA) is 147 Å². The van der Waals surface area contributed by atoms with Crippen LogP contribution in [-0.2, 0) is 16.1 Å². The highest BCUT2D eigenvalue weighted by molar-refractivity contribution is 5.93. The molecule has 10 nitrogen and oxygen atoms in total. The Bertz CT molecular complexity index is 826. The summed E-state index contributed by atoms with van der Waals surface area (Å²) in [6.45, 7) is -0.0894. The molecule has 1 aromatic heterocycles. The lowest BCUT2D eigenvalue weighted by atomic mass is 10.1. The van der Waals surface area contributed by atoms with Gasteiger partial charge in [0, 0.05) is 0 Å². The van der Waals surface area contributed by atoms with Crippen molar-refractivity contribution in [3.63, 3.8) is 0 Å². The van der Waals surface area contributed by atoms with Crippen LogP contribution in [0, 0.1) is 0 Å². The molecular weight excluding hydrogens is 354 g/mol. The second kappa shape index (κ2) is 7.25. The van der Waals surface area contributed by atoms with E-state index in [9.17, 15) is 15.3 Å². The quantitative estimate of drug-likeness (QED) is 0.468. The first-order valence-corrected chi connectivity index (χ1v) is 8.53. The van der Waals surface area contributed by atoms with Gasteiger partial charge in [0.25, 0.3) is 0 Å². The van der Waals surface area contributed by atoms with Crippen LogP contribution in [0.25, 0.3) is 0 Å². The van der Waals surface area contributed by atoms with Crippen LogP contribution in [0.5, 0.6) is 0 Å². The predicted octanol–water partition coefficient (Wildman–Crippen LogP) is -0.550. The van der Waals surface area contributed by atoms with Gasteiger partial charge in [-0.05, 0) is 5.56 Å². The molecule has 2 aromatic rings. The molecule has 0 amide bonds. The monoisotopic (exact) mass is 375 g/mol. The first-order valence-electron chi connectivity index (χ1n) is 8.53. The van der Waals surface area contributed by atoms with Gasteiger partial charge in [-0.1, -0.05) is 30.3 Å². The molecule has 1 fully saturated rings. The molecule has 0 bridgehead atoms. The van der Waals surface area contributed by atoms with E-state index < -0.39 is 37.4 Å². The first-order chi connectivity index (χ1) is 13.1. The molecule has 144 valence electrons. The van der Waals surface area contributed by atoms with Crippen LogP contribution in [0.2, 0.25) is 0 Å². The summed E-state index contributed by atoms with van der Waals surface area (Å²) >= 11 is 0. The molecule has 1 aromatic carbocycles. The van der Waals surface area contributed by atoms with Gasteiger partial charge in [0.05, 0.1) is 19.5 Å². The molecule has 0 spiro atoms. The van der Waals surface area contributed by atoms with Crippen molar-refractivity contribution in [2.24, 2.45) is 10.7 Å². The van der Waals surface area contributed by atoms with Gasteiger partial charge in [-0.25, -0.2) is 9.98 Å². The number of fused-ring (bicyclic) bond motifs is 1. The standard InChI is InChI=1S/C17H21N5O5/c18-17-20-14-11(15(21-17)26-7-9-4-2-1-3-5-9)19-8-22(14)16-13(25)12(24)10(6-23)27-16/h1-5,8,10,12-13,15-16,23-25H,6-7H2,(H3,18,20,21)/t10-,12-,13-,15?,16-/m1/s1. The average molecular weight is 375 g/mol. The van der Waals surface area contributed by atoms with Crippen molar-refractivity contribution in [2.45, 2.75) is 37.4 Å². The molecular formula is C17H21N5O5. The minimum atomic E-state index is -1.23. The third-order valence-corrected chi connectivity index (χ3v) is 4.60. The fourth-order valence-corrected chi connectivity index (χ4v) is 3.19. The van der Waals surface area contributed by atoms with E-state index in [4.69, 9.17) is 15.2 Å². The number of aliphatic hydroxyl groups excluding tert-OH is 3. The zero-order chi connectivity index (χ0) is 19.0. The highest BCUT2D eigenvalue weighted by atomic mass is 16.6. The molecule has 0 saturated carbocycles. The summed E-state index contributed by atoms with van der Waals surface area (Å²) in [6, 6.07) is 9.63. The molecule has 2 aliphatic rings. The van der Waals surface area contributed by atoms with Crippen LogP contribution in [0.15, 0.2) is 41.7 Å². The van der Waals surface area contributed by atoms with Gasteiger partial charge in [0.2, 0.25) is 0 Å². The van der Waals surface area contributed by atoms with Gasteiger partial charge in [-0.2, -0.15) is 0 Å². The summed E-state index contributed by atoms with van der Waals surface area (Å²) in [6.07, 6.45) is -3.53. The second-order valence-electron chi connectivity index (χ2n) is 6.40. The van der Waals surface area contributed by atoms with Crippen molar-refractivity contribution >= 4 is 11.8 Å². The van der Waals surface area contributed by atoms with Crippen molar-refractivity contribution < 1.29 is 24.8 Å². The number of hydrogen-bond donors (Lipinski definition) is 5. The number of nitrogens with one attached hydrogen (secondary N) is 1. The van der Waals surface area contributed by atoms with Crippen molar-refractivity contribution in [1.82, 2.24) is 9.55 Å². The van der Waals surface area contributed by atoms with Gasteiger partial charge >= 0.3 is 0 Å². The highest BCUT2D eigenvalue weighted by Gasteiger charge is 2.45. The fraction of sp³-hybridized carbons (Fsp3) is 0.412. The van der Waals surface area contributed by atoms with Crippen LogP contribution in [0.4, 0.5) is 5.82 Å². The summed E-state index contributed by atoms with van der Waals surface area (Å²) in [7, 11) is 0. The van der Waals surface area contributed by atoms with Crippen LogP contribution in [0.3, 0.4) is 0 Å². The zero-order valence-corrected chi connectivity index (χ0v) is 14.3. The summed E-state index contributed by atoms with van der Waals surface area (Å²) in [5.74, 6) is 0.587. The summed E-state index contributed by atoms with van der Waals surface area (Å²) in [4.78, 5) is 8.55. The number of hydrogen-bond acceptors (Lipinski definition) is 9. The van der Waals surface area contributed by atoms with Crippen LogP contribution >= 0.6 is 0 Å². The second-order valence-corrected chi connectivity index (χ2v) is 6.40. The third kappa shape index (κ3) is 3.29. The lowest BCUT2D eigenvalue weighted by Crippen LogP contribution is -2.34.